The van der Waals surface area contributed by atoms with Crippen LogP contribution in [0.25, 0.3) is 16.9 Å². The van der Waals surface area contributed by atoms with Gasteiger partial charge in [0.25, 0.3) is 17.4 Å². The van der Waals surface area contributed by atoms with Crippen LogP contribution in [0.1, 0.15) is 59.5 Å². The molecule has 6 heterocycles. The number of ether oxygens (including phenoxy) is 4. The van der Waals surface area contributed by atoms with E-state index in [4.69, 9.17) is 23.9 Å². The van der Waals surface area contributed by atoms with Crippen LogP contribution >= 0.6 is 0 Å². The SMILES string of the molecule is C=CCn1c(=O)c2cnc(Nc3ccc(N4CCN(C(=O)CCOCCOCCOCCOCCNc5cccc6c5C(=O)N(C5CCC(=O)NC5=O)C6=O)CC4)cc3)nc2n1-c1cccc(C(C)(C)O)n1. The van der Waals surface area contributed by atoms with Gasteiger partial charge in [0.1, 0.15) is 17.0 Å². The molecule has 5 amide bonds. The van der Waals surface area contributed by atoms with Crippen molar-refractivity contribution in [1.82, 2.24) is 39.4 Å². The summed E-state index contributed by atoms with van der Waals surface area (Å²) in [7, 11) is 0. The van der Waals surface area contributed by atoms with Crippen molar-refractivity contribution in [3.05, 3.63) is 107 Å². The molecule has 0 aliphatic carbocycles. The molecule has 2 saturated heterocycles. The molecule has 3 aromatic heterocycles. The Morgan fingerprint density at radius 1 is 0.847 bits per heavy atom. The fourth-order valence-electron chi connectivity index (χ4n) is 8.59. The maximum atomic E-state index is 13.4. The van der Waals surface area contributed by atoms with E-state index < -0.39 is 35.3 Å². The number of benzene rings is 2. The fraction of sp³-hybridized carbons (Fsp3) is 0.420. The third-order valence-electron chi connectivity index (χ3n) is 12.3. The van der Waals surface area contributed by atoms with E-state index in [0.29, 0.717) is 114 Å². The number of carbonyl (C=O) groups excluding carboxylic acids is 5. The van der Waals surface area contributed by atoms with Crippen molar-refractivity contribution in [2.24, 2.45) is 0 Å². The average molecular weight is 990 g/mol. The Hall–Kier alpha value is -7.37. The van der Waals surface area contributed by atoms with E-state index in [-0.39, 0.29) is 54.3 Å². The van der Waals surface area contributed by atoms with Gasteiger partial charge in [0.2, 0.25) is 23.7 Å². The zero-order valence-electron chi connectivity index (χ0n) is 40.3. The molecule has 1 unspecified atom stereocenters. The maximum Gasteiger partial charge on any atom is 0.278 e. The van der Waals surface area contributed by atoms with Crippen molar-refractivity contribution >= 4 is 63.6 Å². The number of fused-ring (bicyclic) bond motifs is 2. The predicted molar refractivity (Wildman–Crippen MR) is 264 cm³/mol. The minimum atomic E-state index is -1.19. The van der Waals surface area contributed by atoms with Crippen molar-refractivity contribution in [3.8, 4) is 5.82 Å². The lowest BCUT2D eigenvalue weighted by atomic mass is 10.0. The molecule has 22 heteroatoms. The molecule has 22 nitrogen and oxygen atoms in total. The Bertz CT molecular complexity index is 2850. The van der Waals surface area contributed by atoms with E-state index in [2.05, 4.69) is 37.4 Å². The molecule has 3 aliphatic rings. The van der Waals surface area contributed by atoms with Crippen molar-refractivity contribution in [2.45, 2.75) is 51.3 Å². The lowest BCUT2D eigenvalue weighted by Gasteiger charge is -2.36. The van der Waals surface area contributed by atoms with Crippen LogP contribution in [0, 0.1) is 0 Å². The predicted octanol–water partition coefficient (Wildman–Crippen LogP) is 2.75. The van der Waals surface area contributed by atoms with Crippen molar-refractivity contribution in [2.75, 3.05) is 101 Å². The van der Waals surface area contributed by atoms with Gasteiger partial charge in [-0.2, -0.15) is 4.98 Å². The standard InChI is InChI=1S/C50H59N11O11/c1-4-19-59-46(65)36-32-52-49(56-44(36)61(59)40-10-6-9-39(54-40)50(2,3)68)53-33-11-13-34(14-12-33)57-20-22-58(23-21-57)42(63)17-24-69-26-28-71-30-31-72-29-27-70-25-18-51-37-8-5-7-35-43(37)48(67)60(47(35)66)38-15-16-41(62)55-45(38)64/h4-14,32,38,51,68H,1,15-31H2,2-3H3,(H,52,53,56)(H,55,62,64). The van der Waals surface area contributed by atoms with Crippen molar-refractivity contribution < 1.29 is 48.0 Å². The van der Waals surface area contributed by atoms with Gasteiger partial charge in [-0.1, -0.05) is 18.2 Å². The number of nitrogens with zero attached hydrogens (tertiary/aromatic N) is 8. The van der Waals surface area contributed by atoms with Gasteiger partial charge in [-0.05, 0) is 68.8 Å². The van der Waals surface area contributed by atoms with Crippen LogP contribution in [0.4, 0.5) is 23.0 Å². The number of hydrogen-bond acceptors (Lipinski definition) is 17. The first-order valence-electron chi connectivity index (χ1n) is 23.9. The Morgan fingerprint density at radius 2 is 1.53 bits per heavy atom. The summed E-state index contributed by atoms with van der Waals surface area (Å²) in [6.07, 6.45) is 3.52. The van der Waals surface area contributed by atoms with Gasteiger partial charge in [-0.25, -0.2) is 19.3 Å². The van der Waals surface area contributed by atoms with Crippen LogP contribution in [0.2, 0.25) is 0 Å². The molecule has 5 aromatic rings. The second-order valence-electron chi connectivity index (χ2n) is 17.7. The van der Waals surface area contributed by atoms with Gasteiger partial charge in [-0.15, -0.1) is 6.58 Å². The van der Waals surface area contributed by atoms with E-state index in [1.165, 1.54) is 10.9 Å². The number of piperidine rings is 1. The number of aromatic nitrogens is 5. The quantitative estimate of drug-likeness (QED) is 0.0394. The van der Waals surface area contributed by atoms with Gasteiger partial charge in [-0.3, -0.25) is 39.0 Å². The summed E-state index contributed by atoms with van der Waals surface area (Å²) in [6.45, 7) is 13.0. The minimum Gasteiger partial charge on any atom is -0.384 e. The smallest absolute Gasteiger partial charge is 0.278 e. The zero-order valence-corrected chi connectivity index (χ0v) is 40.3. The van der Waals surface area contributed by atoms with Crippen LogP contribution < -0.4 is 26.4 Å². The molecular formula is C50H59N11O11. The third-order valence-corrected chi connectivity index (χ3v) is 12.3. The van der Waals surface area contributed by atoms with Crippen LogP contribution in [-0.2, 0) is 45.5 Å². The number of pyridine rings is 1. The van der Waals surface area contributed by atoms with Crippen molar-refractivity contribution in [3.63, 3.8) is 0 Å². The highest BCUT2D eigenvalue weighted by Gasteiger charge is 2.45. The van der Waals surface area contributed by atoms with E-state index in [0.717, 1.165) is 16.3 Å². The average Bonchev–Trinajstić information content (AvgIpc) is 3.79. The second-order valence-corrected chi connectivity index (χ2v) is 17.7. The summed E-state index contributed by atoms with van der Waals surface area (Å²) in [5, 5.41) is 19.5. The summed E-state index contributed by atoms with van der Waals surface area (Å²) >= 11 is 0. The van der Waals surface area contributed by atoms with Crippen LogP contribution in [-0.4, -0.2) is 160 Å². The molecule has 8 rings (SSSR count). The molecule has 0 radical (unpaired) electrons. The number of imide groups is 2. The number of carbonyl (C=O) groups is 5. The summed E-state index contributed by atoms with van der Waals surface area (Å²) in [4.78, 5) is 95.3. The Balaban J connectivity index is 0.670. The van der Waals surface area contributed by atoms with Crippen molar-refractivity contribution in [1.29, 1.82) is 0 Å². The molecule has 380 valence electrons. The van der Waals surface area contributed by atoms with Gasteiger partial charge >= 0.3 is 0 Å². The Kier molecular flexibility index (Phi) is 16.5. The van der Waals surface area contributed by atoms with E-state index in [1.807, 2.05) is 29.2 Å². The second kappa shape index (κ2) is 23.2. The topological polar surface area (TPSA) is 254 Å². The van der Waals surface area contributed by atoms with Gasteiger partial charge in [0.05, 0.1) is 82.6 Å². The first-order valence-corrected chi connectivity index (χ1v) is 23.9. The van der Waals surface area contributed by atoms with Gasteiger partial charge in [0, 0.05) is 62.4 Å². The van der Waals surface area contributed by atoms with E-state index in [9.17, 15) is 33.9 Å². The molecular weight excluding hydrogens is 931 g/mol. The fourth-order valence-corrected chi connectivity index (χ4v) is 8.59. The maximum absolute atomic E-state index is 13.4. The lowest BCUT2D eigenvalue weighted by molar-refractivity contribution is -0.136. The molecule has 0 spiro atoms. The summed E-state index contributed by atoms with van der Waals surface area (Å²) in [5.74, 6) is -1.47. The largest absolute Gasteiger partial charge is 0.384 e. The highest BCUT2D eigenvalue weighted by molar-refractivity contribution is 6.25. The zero-order chi connectivity index (χ0) is 50.8. The number of amides is 5. The highest BCUT2D eigenvalue weighted by Crippen LogP contribution is 2.32. The summed E-state index contributed by atoms with van der Waals surface area (Å²) in [6, 6.07) is 17.0. The van der Waals surface area contributed by atoms with Gasteiger partial charge in [0.15, 0.2) is 11.5 Å². The minimum absolute atomic E-state index is 0.0398. The number of nitrogens with one attached hydrogen (secondary N) is 3. The number of allylic oxidation sites excluding steroid dienone is 1. The summed E-state index contributed by atoms with van der Waals surface area (Å²) < 4.78 is 25.5. The Morgan fingerprint density at radius 3 is 2.21 bits per heavy atom. The third kappa shape index (κ3) is 11.9. The monoisotopic (exact) mass is 989 g/mol. The molecule has 3 aliphatic heterocycles. The first kappa shape index (κ1) is 51.0. The molecule has 72 heavy (non-hydrogen) atoms. The normalized spacial score (nSPS) is 16.1. The first-order chi connectivity index (χ1) is 34.8. The number of rotatable bonds is 24. The Labute approximate surface area is 414 Å². The summed E-state index contributed by atoms with van der Waals surface area (Å²) in [5.41, 5.74) is 1.93. The number of anilines is 4. The lowest BCUT2D eigenvalue weighted by Crippen LogP contribution is -2.54. The molecule has 4 N–H and O–H groups in total. The van der Waals surface area contributed by atoms with Crippen LogP contribution in [0.3, 0.4) is 0 Å². The number of piperazine rings is 1. The van der Waals surface area contributed by atoms with Crippen LogP contribution in [0.15, 0.2) is 84.3 Å². The number of aliphatic hydroxyl groups is 1. The highest BCUT2D eigenvalue weighted by atomic mass is 16.6. The molecule has 2 fully saturated rings. The van der Waals surface area contributed by atoms with E-state index in [1.54, 1.807) is 61.0 Å². The van der Waals surface area contributed by atoms with Crippen LogP contribution in [0.5, 0.6) is 0 Å². The van der Waals surface area contributed by atoms with Gasteiger partial charge < -0.3 is 44.5 Å². The number of hydrogen-bond donors (Lipinski definition) is 4. The molecule has 0 bridgehead atoms. The molecule has 1 atom stereocenters. The van der Waals surface area contributed by atoms with E-state index >= 15 is 0 Å². The molecule has 2 aromatic carbocycles. The molecule has 0 saturated carbocycles.